The van der Waals surface area contributed by atoms with Crippen LogP contribution in [0.5, 0.6) is 0 Å². The van der Waals surface area contributed by atoms with E-state index in [-0.39, 0.29) is 0 Å². The van der Waals surface area contributed by atoms with Crippen LogP contribution < -0.4 is 0 Å². The molecule has 46 heavy (non-hydrogen) atoms. The van der Waals surface area contributed by atoms with Crippen molar-refractivity contribution < 1.29 is 0 Å². The van der Waals surface area contributed by atoms with Gasteiger partial charge in [0.2, 0.25) is 0 Å². The van der Waals surface area contributed by atoms with E-state index in [1.807, 2.05) is 24.3 Å². The summed E-state index contributed by atoms with van der Waals surface area (Å²) in [5.74, 6) is 0. The predicted octanol–water partition coefficient (Wildman–Crippen LogP) is 11.6. The second kappa shape index (κ2) is 10.4. The van der Waals surface area contributed by atoms with Gasteiger partial charge in [0.05, 0.1) is 23.0 Å². The van der Waals surface area contributed by atoms with Crippen molar-refractivity contribution in [2.75, 3.05) is 0 Å². The van der Waals surface area contributed by atoms with Crippen molar-refractivity contribution in [3.8, 4) is 73.1 Å². The number of nitriles is 1. The smallest absolute Gasteiger partial charge is 0.0998 e. The zero-order chi connectivity index (χ0) is 30.6. The Labute approximate surface area is 267 Å². The lowest BCUT2D eigenvalue weighted by atomic mass is 9.86. The van der Waals surface area contributed by atoms with Gasteiger partial charge >= 0.3 is 0 Å². The summed E-state index contributed by atoms with van der Waals surface area (Å²) in [6.45, 7) is 0. The maximum Gasteiger partial charge on any atom is 0.0998 e. The Balaban J connectivity index is 1.40. The summed E-state index contributed by atoms with van der Waals surface area (Å²) in [7, 11) is 0. The predicted molar refractivity (Wildman–Crippen MR) is 190 cm³/mol. The monoisotopic (exact) mass is 582 g/mol. The molecule has 1 heterocycles. The number of nitrogens with zero attached hydrogens (tertiary/aromatic N) is 2. The highest BCUT2D eigenvalue weighted by molar-refractivity contribution is 6.24. The molecule has 1 aliphatic rings. The standard InChI is InChI=1S/C44H26N2/c45-27-30-15-9-19-34-32(30)18-10-20-37(34)38-23-24-40-36-17-8-7-16-35(36)39-22-21-33(43(38)44(39)40)31-25-41(28-11-3-1-4-12-28)46-42(26-31)29-13-5-2-6-14-29/h1-26H. The van der Waals surface area contributed by atoms with Crippen molar-refractivity contribution in [2.45, 2.75) is 0 Å². The van der Waals surface area contributed by atoms with Crippen molar-refractivity contribution in [1.82, 2.24) is 4.98 Å². The van der Waals surface area contributed by atoms with Gasteiger partial charge in [-0.1, -0.05) is 140 Å². The number of hydrogen-bond donors (Lipinski definition) is 0. The quantitative estimate of drug-likeness (QED) is 0.207. The Kier molecular flexibility index (Phi) is 5.91. The Hall–Kier alpha value is -6.30. The molecule has 1 aromatic heterocycles. The lowest BCUT2D eigenvalue weighted by Crippen LogP contribution is -1.93. The normalized spacial score (nSPS) is 11.5. The third-order valence-electron chi connectivity index (χ3n) is 9.28. The lowest BCUT2D eigenvalue weighted by molar-refractivity contribution is 1.32. The minimum atomic E-state index is 0.687. The average Bonchev–Trinajstić information content (AvgIpc) is 3.46. The largest absolute Gasteiger partial charge is 0.248 e. The summed E-state index contributed by atoms with van der Waals surface area (Å²) in [5.41, 5.74) is 14.3. The molecular formula is C44H26N2. The number of fused-ring (bicyclic) bond motifs is 4. The fourth-order valence-corrected chi connectivity index (χ4v) is 7.20. The molecule has 0 spiro atoms. The summed E-state index contributed by atoms with van der Waals surface area (Å²) < 4.78 is 0. The van der Waals surface area contributed by atoms with Crippen LogP contribution in [0.1, 0.15) is 5.56 Å². The first-order chi connectivity index (χ1) is 22.8. The van der Waals surface area contributed by atoms with Gasteiger partial charge in [0, 0.05) is 16.5 Å². The van der Waals surface area contributed by atoms with Crippen molar-refractivity contribution in [3.63, 3.8) is 0 Å². The van der Waals surface area contributed by atoms with E-state index in [1.54, 1.807) is 0 Å². The van der Waals surface area contributed by atoms with E-state index in [0.717, 1.165) is 55.5 Å². The molecule has 0 amide bonds. The van der Waals surface area contributed by atoms with E-state index < -0.39 is 0 Å². The minimum Gasteiger partial charge on any atom is -0.248 e. The number of rotatable bonds is 4. The second-order valence-corrected chi connectivity index (χ2v) is 11.8. The maximum atomic E-state index is 9.93. The van der Waals surface area contributed by atoms with Crippen molar-refractivity contribution in [2.24, 2.45) is 0 Å². The van der Waals surface area contributed by atoms with Crippen molar-refractivity contribution in [1.29, 1.82) is 5.26 Å². The van der Waals surface area contributed by atoms with Gasteiger partial charge in [-0.15, -0.1) is 0 Å². The van der Waals surface area contributed by atoms with Crippen LogP contribution in [0.3, 0.4) is 0 Å². The maximum absolute atomic E-state index is 9.93. The van der Waals surface area contributed by atoms with Crippen LogP contribution in [-0.2, 0) is 0 Å². The van der Waals surface area contributed by atoms with Crippen molar-refractivity contribution >= 4 is 21.5 Å². The zero-order valence-corrected chi connectivity index (χ0v) is 24.9. The van der Waals surface area contributed by atoms with Gasteiger partial charge in [-0.25, -0.2) is 4.98 Å². The Morgan fingerprint density at radius 1 is 0.370 bits per heavy atom. The summed E-state index contributed by atoms with van der Waals surface area (Å²) in [6, 6.07) is 57.9. The highest BCUT2D eigenvalue weighted by Gasteiger charge is 2.25. The molecule has 0 bridgehead atoms. The molecule has 1 aliphatic carbocycles. The molecule has 2 heteroatoms. The lowest BCUT2D eigenvalue weighted by Gasteiger charge is -2.18. The fraction of sp³-hybridized carbons (Fsp3) is 0. The molecule has 0 radical (unpaired) electrons. The molecule has 212 valence electrons. The summed E-state index contributed by atoms with van der Waals surface area (Å²) in [6.07, 6.45) is 0. The number of benzene rings is 7. The molecule has 0 fully saturated rings. The molecular weight excluding hydrogens is 556 g/mol. The third-order valence-corrected chi connectivity index (χ3v) is 9.28. The van der Waals surface area contributed by atoms with Crippen LogP contribution in [0.2, 0.25) is 0 Å². The molecule has 7 aromatic carbocycles. The van der Waals surface area contributed by atoms with E-state index >= 15 is 0 Å². The molecule has 9 rings (SSSR count). The molecule has 0 N–H and O–H groups in total. The third kappa shape index (κ3) is 4.00. The van der Waals surface area contributed by atoms with Crippen molar-refractivity contribution in [3.05, 3.63) is 163 Å². The number of pyridine rings is 1. The zero-order valence-electron chi connectivity index (χ0n) is 24.9. The van der Waals surface area contributed by atoms with Gasteiger partial charge in [-0.2, -0.15) is 5.26 Å². The number of hydrogen-bond acceptors (Lipinski definition) is 2. The Morgan fingerprint density at radius 2 is 0.848 bits per heavy atom. The first-order valence-electron chi connectivity index (χ1n) is 15.5. The van der Waals surface area contributed by atoms with Gasteiger partial charge < -0.3 is 0 Å². The Bertz CT molecular complexity index is 2440. The average molecular weight is 583 g/mol. The summed E-state index contributed by atoms with van der Waals surface area (Å²) in [4.78, 5) is 5.17. The van der Waals surface area contributed by atoms with E-state index in [1.165, 1.54) is 33.0 Å². The number of aromatic nitrogens is 1. The van der Waals surface area contributed by atoms with Gasteiger partial charge in [0.15, 0.2) is 0 Å². The van der Waals surface area contributed by atoms with E-state index in [2.05, 4.69) is 140 Å². The first-order valence-corrected chi connectivity index (χ1v) is 15.5. The molecule has 0 unspecified atom stereocenters. The van der Waals surface area contributed by atoms with Gasteiger partial charge in [-0.3, -0.25) is 0 Å². The van der Waals surface area contributed by atoms with Crippen LogP contribution in [0.25, 0.3) is 88.6 Å². The van der Waals surface area contributed by atoms with Crippen LogP contribution >= 0.6 is 0 Å². The van der Waals surface area contributed by atoms with E-state index in [4.69, 9.17) is 4.98 Å². The SMILES string of the molecule is N#Cc1cccc2c(-c3ccc4c5c(ccc(-c6cc(-c7ccccc7)nc(-c7ccccc7)c6)c35)-c3ccccc3-4)cccc12. The molecule has 0 aliphatic heterocycles. The van der Waals surface area contributed by atoms with Crippen LogP contribution in [-0.4, -0.2) is 4.98 Å². The fourth-order valence-electron chi connectivity index (χ4n) is 7.20. The molecule has 8 aromatic rings. The van der Waals surface area contributed by atoms with Crippen LogP contribution in [0, 0.1) is 11.3 Å². The van der Waals surface area contributed by atoms with Crippen LogP contribution in [0.15, 0.2) is 158 Å². The molecule has 0 saturated heterocycles. The molecule has 0 atom stereocenters. The van der Waals surface area contributed by atoms with Gasteiger partial charge in [0.1, 0.15) is 0 Å². The highest BCUT2D eigenvalue weighted by atomic mass is 14.7. The Morgan fingerprint density at radius 3 is 1.46 bits per heavy atom. The van der Waals surface area contributed by atoms with Gasteiger partial charge in [0.25, 0.3) is 0 Å². The summed E-state index contributed by atoms with van der Waals surface area (Å²) >= 11 is 0. The first kappa shape index (κ1) is 26.1. The topological polar surface area (TPSA) is 36.7 Å². The molecule has 2 nitrogen and oxygen atoms in total. The van der Waals surface area contributed by atoms with E-state index in [9.17, 15) is 5.26 Å². The second-order valence-electron chi connectivity index (χ2n) is 11.8. The van der Waals surface area contributed by atoms with Crippen LogP contribution in [0.4, 0.5) is 0 Å². The molecule has 0 saturated carbocycles. The summed E-state index contributed by atoms with van der Waals surface area (Å²) in [5, 5.41) is 14.5. The van der Waals surface area contributed by atoms with Gasteiger partial charge in [-0.05, 0) is 78.9 Å². The minimum absolute atomic E-state index is 0.687. The highest BCUT2D eigenvalue weighted by Crippen LogP contribution is 2.52. The van der Waals surface area contributed by atoms with E-state index in [0.29, 0.717) is 5.56 Å².